The molecule has 3 rings (SSSR count). The van der Waals surface area contributed by atoms with Gasteiger partial charge in [0.2, 0.25) is 0 Å². The van der Waals surface area contributed by atoms with Gasteiger partial charge >= 0.3 is 0 Å². The number of nitrogens with one attached hydrogen (secondary N) is 1. The van der Waals surface area contributed by atoms with E-state index in [0.717, 1.165) is 42.2 Å². The summed E-state index contributed by atoms with van der Waals surface area (Å²) >= 11 is 0. The van der Waals surface area contributed by atoms with Crippen LogP contribution in [0, 0.1) is 0 Å². The van der Waals surface area contributed by atoms with E-state index in [-0.39, 0.29) is 0 Å². The van der Waals surface area contributed by atoms with E-state index in [1.165, 1.54) is 0 Å². The molecule has 0 aromatic carbocycles. The van der Waals surface area contributed by atoms with Crippen LogP contribution in [-0.2, 0) is 6.42 Å². The van der Waals surface area contributed by atoms with Crippen molar-refractivity contribution in [3.63, 3.8) is 0 Å². The van der Waals surface area contributed by atoms with E-state index < -0.39 is 0 Å². The quantitative estimate of drug-likeness (QED) is 0.675. The van der Waals surface area contributed by atoms with E-state index in [9.17, 15) is 0 Å². The number of ether oxygens (including phenoxy) is 1. The minimum atomic E-state index is 0.666. The molecule has 3 heterocycles. The van der Waals surface area contributed by atoms with Crippen molar-refractivity contribution in [1.29, 1.82) is 0 Å². The molecule has 3 aromatic rings. The van der Waals surface area contributed by atoms with Crippen LogP contribution in [-0.4, -0.2) is 26.9 Å². The van der Waals surface area contributed by atoms with E-state index in [2.05, 4.69) is 20.3 Å². The van der Waals surface area contributed by atoms with Crippen LogP contribution in [0.5, 0.6) is 5.75 Å². The Morgan fingerprint density at radius 3 is 2.81 bits per heavy atom. The van der Waals surface area contributed by atoms with Crippen LogP contribution in [0.4, 0.5) is 0 Å². The lowest BCUT2D eigenvalue weighted by Crippen LogP contribution is -1.98. The summed E-state index contributed by atoms with van der Waals surface area (Å²) in [6.07, 6.45) is 7.96. The number of aromatic nitrogens is 4. The van der Waals surface area contributed by atoms with Gasteiger partial charge in [-0.2, -0.15) is 5.10 Å². The molecule has 0 saturated heterocycles. The van der Waals surface area contributed by atoms with E-state index in [4.69, 9.17) is 9.26 Å². The molecule has 0 aliphatic heterocycles. The predicted molar refractivity (Wildman–Crippen MR) is 76.8 cm³/mol. The number of H-pyrrole nitrogens is 1. The zero-order valence-electron chi connectivity index (χ0n) is 11.5. The Balaban J connectivity index is 1.41. The zero-order chi connectivity index (χ0) is 14.3. The van der Waals surface area contributed by atoms with E-state index in [1.807, 2.05) is 24.3 Å². The van der Waals surface area contributed by atoms with Crippen LogP contribution in [0.1, 0.15) is 18.6 Å². The van der Waals surface area contributed by atoms with Crippen LogP contribution in [0.25, 0.3) is 11.4 Å². The molecule has 0 amide bonds. The maximum atomic E-state index is 5.66. The SMILES string of the molecule is c1cc(-c2ccc(OCCCCc3ccno3)cn2)[nH]n1. The molecule has 0 unspecified atom stereocenters. The van der Waals surface area contributed by atoms with Crippen molar-refractivity contribution in [1.82, 2.24) is 20.3 Å². The average molecular weight is 284 g/mol. The summed E-state index contributed by atoms with van der Waals surface area (Å²) in [6.45, 7) is 0.666. The molecule has 3 aromatic heterocycles. The summed E-state index contributed by atoms with van der Waals surface area (Å²) in [4.78, 5) is 4.34. The Morgan fingerprint density at radius 1 is 1.10 bits per heavy atom. The van der Waals surface area contributed by atoms with Crippen molar-refractivity contribution in [2.45, 2.75) is 19.3 Å². The van der Waals surface area contributed by atoms with Gasteiger partial charge in [-0.05, 0) is 31.0 Å². The second-order valence-electron chi connectivity index (χ2n) is 4.63. The minimum Gasteiger partial charge on any atom is -0.492 e. The predicted octanol–water partition coefficient (Wildman–Crippen LogP) is 2.86. The molecule has 0 aliphatic carbocycles. The van der Waals surface area contributed by atoms with Crippen LogP contribution in [0.2, 0.25) is 0 Å². The largest absolute Gasteiger partial charge is 0.492 e. The summed E-state index contributed by atoms with van der Waals surface area (Å²) in [7, 11) is 0. The molecule has 21 heavy (non-hydrogen) atoms. The fraction of sp³-hybridized carbons (Fsp3) is 0.267. The molecular formula is C15H16N4O2. The molecule has 0 saturated carbocycles. The lowest BCUT2D eigenvalue weighted by atomic mass is 10.2. The van der Waals surface area contributed by atoms with Crippen molar-refractivity contribution in [3.05, 3.63) is 48.6 Å². The van der Waals surface area contributed by atoms with Crippen molar-refractivity contribution in [3.8, 4) is 17.1 Å². The van der Waals surface area contributed by atoms with Crippen molar-refractivity contribution in [2.75, 3.05) is 6.61 Å². The van der Waals surface area contributed by atoms with Gasteiger partial charge in [-0.3, -0.25) is 10.1 Å². The number of rotatable bonds is 7. The summed E-state index contributed by atoms with van der Waals surface area (Å²) in [5.41, 5.74) is 1.75. The number of nitrogens with zero attached hydrogens (tertiary/aromatic N) is 3. The smallest absolute Gasteiger partial charge is 0.137 e. The molecule has 6 nitrogen and oxygen atoms in total. The summed E-state index contributed by atoms with van der Waals surface area (Å²) in [5.74, 6) is 1.69. The third kappa shape index (κ3) is 3.68. The third-order valence-corrected chi connectivity index (χ3v) is 3.09. The first-order chi connectivity index (χ1) is 10.4. The van der Waals surface area contributed by atoms with Gasteiger partial charge in [0.15, 0.2) is 0 Å². The van der Waals surface area contributed by atoms with Crippen LogP contribution in [0.3, 0.4) is 0 Å². The highest BCUT2D eigenvalue weighted by Gasteiger charge is 2.01. The Morgan fingerprint density at radius 2 is 2.10 bits per heavy atom. The second kappa shape index (κ2) is 6.69. The van der Waals surface area contributed by atoms with Gasteiger partial charge in [0, 0.05) is 18.7 Å². The zero-order valence-corrected chi connectivity index (χ0v) is 11.5. The number of pyridine rings is 1. The highest BCUT2D eigenvalue weighted by atomic mass is 16.5. The standard InChI is InChI=1S/C15H16N4O2/c1(3-12-6-9-18-21-12)2-10-20-13-4-5-14(16-11-13)15-7-8-17-19-15/h4-9,11H,1-3,10H2,(H,17,19). The van der Waals surface area contributed by atoms with Crippen LogP contribution in [0.15, 0.2) is 47.4 Å². The number of hydrogen-bond donors (Lipinski definition) is 1. The second-order valence-corrected chi connectivity index (χ2v) is 4.63. The Bertz CT molecular complexity index is 633. The van der Waals surface area contributed by atoms with E-state index >= 15 is 0 Å². The molecule has 0 bridgehead atoms. The fourth-order valence-electron chi connectivity index (χ4n) is 1.99. The number of hydrogen-bond acceptors (Lipinski definition) is 5. The maximum Gasteiger partial charge on any atom is 0.137 e. The van der Waals surface area contributed by atoms with Crippen molar-refractivity contribution < 1.29 is 9.26 Å². The molecule has 0 fully saturated rings. The molecule has 0 radical (unpaired) electrons. The Hall–Kier alpha value is -2.63. The molecular weight excluding hydrogens is 268 g/mol. The number of aryl methyl sites for hydroxylation is 1. The monoisotopic (exact) mass is 284 g/mol. The van der Waals surface area contributed by atoms with Gasteiger partial charge in [0.25, 0.3) is 0 Å². The van der Waals surface area contributed by atoms with Crippen molar-refractivity contribution >= 4 is 0 Å². The van der Waals surface area contributed by atoms with Gasteiger partial charge < -0.3 is 9.26 Å². The van der Waals surface area contributed by atoms with Gasteiger partial charge in [-0.15, -0.1) is 0 Å². The maximum absolute atomic E-state index is 5.66. The third-order valence-electron chi connectivity index (χ3n) is 3.09. The molecule has 0 atom stereocenters. The molecule has 108 valence electrons. The highest BCUT2D eigenvalue weighted by molar-refractivity contribution is 5.53. The van der Waals surface area contributed by atoms with Crippen molar-refractivity contribution in [2.24, 2.45) is 0 Å². The van der Waals surface area contributed by atoms with Crippen LogP contribution >= 0.6 is 0 Å². The summed E-state index contributed by atoms with van der Waals surface area (Å²) < 4.78 is 10.7. The first-order valence-electron chi connectivity index (χ1n) is 6.90. The highest BCUT2D eigenvalue weighted by Crippen LogP contribution is 2.17. The van der Waals surface area contributed by atoms with E-state index in [0.29, 0.717) is 6.61 Å². The Labute approximate surface area is 122 Å². The lowest BCUT2D eigenvalue weighted by molar-refractivity contribution is 0.301. The van der Waals surface area contributed by atoms with E-state index in [1.54, 1.807) is 18.6 Å². The summed E-state index contributed by atoms with van der Waals surface area (Å²) in [5, 5.41) is 10.5. The fourth-order valence-corrected chi connectivity index (χ4v) is 1.99. The number of aromatic amines is 1. The first-order valence-corrected chi connectivity index (χ1v) is 6.90. The Kier molecular flexibility index (Phi) is 4.26. The number of unbranched alkanes of at least 4 members (excludes halogenated alkanes) is 1. The van der Waals surface area contributed by atoms with Gasteiger partial charge in [0.05, 0.1) is 30.4 Å². The van der Waals surface area contributed by atoms with Gasteiger partial charge in [-0.1, -0.05) is 5.16 Å². The van der Waals surface area contributed by atoms with Crippen LogP contribution < -0.4 is 4.74 Å². The first kappa shape index (κ1) is 13.4. The molecule has 6 heteroatoms. The normalized spacial score (nSPS) is 10.7. The minimum absolute atomic E-state index is 0.666. The molecule has 1 N–H and O–H groups in total. The molecule has 0 spiro atoms. The topological polar surface area (TPSA) is 76.8 Å². The average Bonchev–Trinajstić information content (AvgIpc) is 3.21. The summed E-state index contributed by atoms with van der Waals surface area (Å²) in [6, 6.07) is 7.60. The molecule has 0 aliphatic rings. The van der Waals surface area contributed by atoms with Gasteiger partial charge in [-0.25, -0.2) is 0 Å². The van der Waals surface area contributed by atoms with Gasteiger partial charge in [0.1, 0.15) is 11.5 Å². The lowest BCUT2D eigenvalue weighted by Gasteiger charge is -2.05.